The lowest BCUT2D eigenvalue weighted by molar-refractivity contribution is -0.136. The Labute approximate surface area is 103 Å². The number of hydrogen-bond donors (Lipinski definition) is 1. The molecule has 0 spiro atoms. The highest BCUT2D eigenvalue weighted by atomic mass is 16.2. The van der Waals surface area contributed by atoms with Crippen LogP contribution in [0.1, 0.15) is 25.7 Å². The van der Waals surface area contributed by atoms with Gasteiger partial charge >= 0.3 is 0 Å². The van der Waals surface area contributed by atoms with Crippen molar-refractivity contribution in [1.82, 2.24) is 15.1 Å². The predicted octanol–water partition coefficient (Wildman–Crippen LogP) is 0.0668. The Morgan fingerprint density at radius 2 is 1.82 bits per heavy atom. The number of nitrogens with zero attached hydrogens (tertiary/aromatic N) is 2. The second kappa shape index (κ2) is 7.27. The van der Waals surface area contributed by atoms with E-state index in [0.717, 1.165) is 32.5 Å². The molecule has 2 amide bonds. The van der Waals surface area contributed by atoms with E-state index in [0.29, 0.717) is 6.54 Å². The van der Waals surface area contributed by atoms with Crippen LogP contribution in [0.25, 0.3) is 0 Å². The summed E-state index contributed by atoms with van der Waals surface area (Å²) in [6.07, 6.45) is 3.31. The van der Waals surface area contributed by atoms with Gasteiger partial charge in [0.05, 0.1) is 0 Å². The van der Waals surface area contributed by atoms with Crippen LogP contribution in [-0.2, 0) is 9.59 Å². The summed E-state index contributed by atoms with van der Waals surface area (Å²) >= 11 is 0. The van der Waals surface area contributed by atoms with Crippen LogP contribution in [0.15, 0.2) is 0 Å². The standard InChI is InChI=1S/C12H23N3O2/c1-14(2)9-6-13-11(16)10-12(17)15-7-4-3-5-8-15/h3-10H2,1-2H3,(H,13,16). The average Bonchev–Trinajstić information content (AvgIpc) is 2.29. The third-order valence-electron chi connectivity index (χ3n) is 2.90. The molecule has 5 nitrogen and oxygen atoms in total. The van der Waals surface area contributed by atoms with Crippen molar-refractivity contribution in [2.75, 3.05) is 40.3 Å². The SMILES string of the molecule is CN(C)CCNC(=O)CC(=O)N1CCCCC1. The van der Waals surface area contributed by atoms with Gasteiger partial charge in [0.25, 0.3) is 0 Å². The molecule has 1 rings (SSSR count). The lowest BCUT2D eigenvalue weighted by Gasteiger charge is -2.26. The Morgan fingerprint density at radius 1 is 1.18 bits per heavy atom. The van der Waals surface area contributed by atoms with Crippen molar-refractivity contribution in [3.8, 4) is 0 Å². The number of piperidine rings is 1. The molecule has 5 heteroatoms. The molecule has 0 aromatic carbocycles. The van der Waals surface area contributed by atoms with Gasteiger partial charge in [-0.15, -0.1) is 0 Å². The first kappa shape index (κ1) is 14.0. The fourth-order valence-electron chi connectivity index (χ4n) is 1.87. The van der Waals surface area contributed by atoms with Gasteiger partial charge in [-0.1, -0.05) is 0 Å². The Morgan fingerprint density at radius 3 is 2.41 bits per heavy atom. The molecule has 1 aliphatic rings. The van der Waals surface area contributed by atoms with Crippen LogP contribution in [0.3, 0.4) is 0 Å². The summed E-state index contributed by atoms with van der Waals surface area (Å²) in [7, 11) is 3.90. The van der Waals surface area contributed by atoms with Gasteiger partial charge in [0, 0.05) is 26.2 Å². The van der Waals surface area contributed by atoms with Gasteiger partial charge in [-0.25, -0.2) is 0 Å². The van der Waals surface area contributed by atoms with Crippen molar-refractivity contribution in [2.24, 2.45) is 0 Å². The quantitative estimate of drug-likeness (QED) is 0.693. The average molecular weight is 241 g/mol. The molecule has 0 unspecified atom stereocenters. The Balaban J connectivity index is 2.18. The largest absolute Gasteiger partial charge is 0.354 e. The van der Waals surface area contributed by atoms with Gasteiger partial charge in [-0.2, -0.15) is 0 Å². The van der Waals surface area contributed by atoms with Gasteiger partial charge in [0.1, 0.15) is 6.42 Å². The van der Waals surface area contributed by atoms with Crippen molar-refractivity contribution in [1.29, 1.82) is 0 Å². The zero-order valence-electron chi connectivity index (χ0n) is 10.9. The van der Waals surface area contributed by atoms with Gasteiger partial charge in [0.2, 0.25) is 11.8 Å². The normalized spacial score (nSPS) is 16.1. The number of carbonyl (C=O) groups is 2. The van der Waals surface area contributed by atoms with E-state index in [4.69, 9.17) is 0 Å². The van der Waals surface area contributed by atoms with Crippen LogP contribution >= 0.6 is 0 Å². The number of likely N-dealkylation sites (tertiary alicyclic amines) is 1. The number of rotatable bonds is 5. The molecule has 1 N–H and O–H groups in total. The van der Waals surface area contributed by atoms with E-state index < -0.39 is 0 Å². The Hall–Kier alpha value is -1.10. The minimum Gasteiger partial charge on any atom is -0.354 e. The fourth-order valence-corrected chi connectivity index (χ4v) is 1.87. The minimum atomic E-state index is -0.164. The summed E-state index contributed by atoms with van der Waals surface area (Å²) in [5.74, 6) is -0.200. The molecule has 17 heavy (non-hydrogen) atoms. The molecule has 0 aliphatic carbocycles. The molecule has 98 valence electrons. The third-order valence-corrected chi connectivity index (χ3v) is 2.90. The number of hydrogen-bond acceptors (Lipinski definition) is 3. The zero-order chi connectivity index (χ0) is 12.7. The summed E-state index contributed by atoms with van der Waals surface area (Å²) in [5, 5.41) is 2.76. The van der Waals surface area contributed by atoms with Crippen LogP contribution in [-0.4, -0.2) is 61.9 Å². The summed E-state index contributed by atoms with van der Waals surface area (Å²) in [6, 6.07) is 0. The number of amides is 2. The van der Waals surface area contributed by atoms with E-state index in [2.05, 4.69) is 5.32 Å². The van der Waals surface area contributed by atoms with Crippen molar-refractivity contribution >= 4 is 11.8 Å². The van der Waals surface area contributed by atoms with Gasteiger partial charge in [-0.05, 0) is 33.4 Å². The molecule has 0 atom stereocenters. The molecular formula is C12H23N3O2. The second-order valence-corrected chi connectivity index (χ2v) is 4.77. The molecule has 0 aromatic heterocycles. The maximum atomic E-state index is 11.8. The van der Waals surface area contributed by atoms with Crippen LogP contribution in [0, 0.1) is 0 Å². The molecule has 0 bridgehead atoms. The van der Waals surface area contributed by atoms with E-state index in [9.17, 15) is 9.59 Å². The summed E-state index contributed by atoms with van der Waals surface area (Å²) in [4.78, 5) is 27.1. The molecule has 1 saturated heterocycles. The number of nitrogens with one attached hydrogen (secondary N) is 1. The van der Waals surface area contributed by atoms with E-state index in [1.807, 2.05) is 19.0 Å². The topological polar surface area (TPSA) is 52.7 Å². The Bertz CT molecular complexity index is 260. The number of carbonyl (C=O) groups excluding carboxylic acids is 2. The van der Waals surface area contributed by atoms with Crippen LogP contribution in [0.2, 0.25) is 0 Å². The fraction of sp³-hybridized carbons (Fsp3) is 0.833. The van der Waals surface area contributed by atoms with Crippen molar-refractivity contribution < 1.29 is 9.59 Å². The van der Waals surface area contributed by atoms with Gasteiger partial charge in [-0.3, -0.25) is 9.59 Å². The van der Waals surface area contributed by atoms with Crippen molar-refractivity contribution in [3.63, 3.8) is 0 Å². The number of likely N-dealkylation sites (N-methyl/N-ethyl adjacent to an activating group) is 1. The molecule has 0 saturated carbocycles. The first-order valence-corrected chi connectivity index (χ1v) is 6.29. The first-order chi connectivity index (χ1) is 8.09. The maximum Gasteiger partial charge on any atom is 0.232 e. The monoisotopic (exact) mass is 241 g/mol. The lowest BCUT2D eigenvalue weighted by atomic mass is 10.1. The highest BCUT2D eigenvalue weighted by Gasteiger charge is 2.18. The predicted molar refractivity (Wildman–Crippen MR) is 66.6 cm³/mol. The third kappa shape index (κ3) is 5.68. The van der Waals surface area contributed by atoms with E-state index in [1.165, 1.54) is 6.42 Å². The first-order valence-electron chi connectivity index (χ1n) is 6.29. The Kier molecular flexibility index (Phi) is 5.97. The van der Waals surface area contributed by atoms with Crippen LogP contribution in [0.5, 0.6) is 0 Å². The molecule has 1 fully saturated rings. The summed E-state index contributed by atoms with van der Waals surface area (Å²) in [5.41, 5.74) is 0. The highest BCUT2D eigenvalue weighted by Crippen LogP contribution is 2.09. The minimum absolute atomic E-state index is 0.00652. The highest BCUT2D eigenvalue weighted by molar-refractivity contribution is 5.96. The van der Waals surface area contributed by atoms with E-state index >= 15 is 0 Å². The summed E-state index contributed by atoms with van der Waals surface area (Å²) < 4.78 is 0. The molecule has 1 heterocycles. The van der Waals surface area contributed by atoms with Gasteiger partial charge in [0.15, 0.2) is 0 Å². The van der Waals surface area contributed by atoms with Crippen molar-refractivity contribution in [2.45, 2.75) is 25.7 Å². The van der Waals surface area contributed by atoms with Gasteiger partial charge < -0.3 is 15.1 Å². The second-order valence-electron chi connectivity index (χ2n) is 4.77. The molecule has 0 aromatic rings. The van der Waals surface area contributed by atoms with Crippen LogP contribution < -0.4 is 5.32 Å². The summed E-state index contributed by atoms with van der Waals surface area (Å²) in [6.45, 7) is 3.01. The smallest absolute Gasteiger partial charge is 0.232 e. The lowest BCUT2D eigenvalue weighted by Crippen LogP contribution is -2.39. The van der Waals surface area contributed by atoms with Crippen LogP contribution in [0.4, 0.5) is 0 Å². The zero-order valence-corrected chi connectivity index (χ0v) is 10.9. The van der Waals surface area contributed by atoms with Crippen molar-refractivity contribution in [3.05, 3.63) is 0 Å². The molecule has 0 radical (unpaired) electrons. The van der Waals surface area contributed by atoms with E-state index in [-0.39, 0.29) is 18.2 Å². The molecular weight excluding hydrogens is 218 g/mol. The van der Waals surface area contributed by atoms with E-state index in [1.54, 1.807) is 4.90 Å². The maximum absolute atomic E-state index is 11.8. The molecule has 1 aliphatic heterocycles.